The number of imide groups is 2. The third-order valence-electron chi connectivity index (χ3n) is 10.1. The number of carbonyl (C=O) groups excluding carboxylic acids is 4. The highest BCUT2D eigenvalue weighted by molar-refractivity contribution is 6.29. The van der Waals surface area contributed by atoms with Crippen LogP contribution in [0.1, 0.15) is 5.56 Å². The van der Waals surface area contributed by atoms with Crippen LogP contribution in [0.15, 0.2) is 121 Å². The molecule has 1 saturated carbocycles. The van der Waals surface area contributed by atoms with E-state index < -0.39 is 35.1 Å². The fourth-order valence-electron chi connectivity index (χ4n) is 8.76. The first-order chi connectivity index (χ1) is 21.0. The van der Waals surface area contributed by atoms with Crippen molar-refractivity contribution in [3.8, 4) is 0 Å². The van der Waals surface area contributed by atoms with Crippen LogP contribution in [0.25, 0.3) is 5.57 Å². The van der Waals surface area contributed by atoms with Gasteiger partial charge in [-0.2, -0.15) is 0 Å². The third kappa shape index (κ3) is 2.80. The van der Waals surface area contributed by atoms with Crippen molar-refractivity contribution >= 4 is 52.0 Å². The second-order valence-electron chi connectivity index (χ2n) is 11.9. The van der Waals surface area contributed by atoms with E-state index in [1.54, 1.807) is 48.5 Å². The van der Waals surface area contributed by atoms with Crippen molar-refractivity contribution in [3.63, 3.8) is 0 Å². The minimum atomic E-state index is -1.28. The summed E-state index contributed by atoms with van der Waals surface area (Å²) in [6.45, 7) is 0. The number of rotatable bonds is 3. The van der Waals surface area contributed by atoms with Crippen LogP contribution in [0.4, 0.5) is 22.7 Å². The molecule has 7 nitrogen and oxygen atoms in total. The molecule has 3 fully saturated rings. The molecule has 0 aromatic heterocycles. The normalized spacial score (nSPS) is 29.9. The molecule has 4 aromatic rings. The first kappa shape index (κ1) is 24.3. The summed E-state index contributed by atoms with van der Waals surface area (Å²) in [7, 11) is 0. The highest BCUT2D eigenvalue weighted by Crippen LogP contribution is 2.71. The maximum Gasteiger partial charge on any atom is 0.240 e. The molecule has 2 saturated heterocycles. The van der Waals surface area contributed by atoms with Crippen LogP contribution in [0.3, 0.4) is 0 Å². The summed E-state index contributed by atoms with van der Waals surface area (Å²) in [4.78, 5) is 63.1. The highest BCUT2D eigenvalue weighted by atomic mass is 16.2. The number of nitrogens with zero attached hydrogens (tertiary/aromatic N) is 3. The minimum absolute atomic E-state index is 0.318. The average Bonchev–Trinajstić information content (AvgIpc) is 3.62. The van der Waals surface area contributed by atoms with Gasteiger partial charge in [0.1, 0.15) is 0 Å². The maximum atomic E-state index is 14.8. The van der Waals surface area contributed by atoms with Crippen molar-refractivity contribution in [2.45, 2.75) is 5.54 Å². The number of anilines is 4. The summed E-state index contributed by atoms with van der Waals surface area (Å²) in [5, 5.41) is 0. The van der Waals surface area contributed by atoms with E-state index in [9.17, 15) is 19.2 Å². The molecule has 1 spiro atoms. The number of amides is 4. The van der Waals surface area contributed by atoms with E-state index in [0.717, 1.165) is 22.5 Å². The van der Waals surface area contributed by atoms with Crippen molar-refractivity contribution in [1.29, 1.82) is 0 Å². The van der Waals surface area contributed by atoms with Gasteiger partial charge in [-0.25, -0.2) is 9.80 Å². The first-order valence-electron chi connectivity index (χ1n) is 14.6. The molecule has 10 rings (SSSR count). The first-order valence-corrected chi connectivity index (χ1v) is 14.6. The molecule has 6 aliphatic rings. The van der Waals surface area contributed by atoms with E-state index in [2.05, 4.69) is 4.90 Å². The Bertz CT molecular complexity index is 1820. The molecular weight excluding hydrogens is 538 g/mol. The van der Waals surface area contributed by atoms with Crippen molar-refractivity contribution in [3.05, 3.63) is 127 Å². The van der Waals surface area contributed by atoms with Gasteiger partial charge in [0, 0.05) is 22.9 Å². The van der Waals surface area contributed by atoms with Gasteiger partial charge in [0.25, 0.3) is 0 Å². The largest absolute Gasteiger partial charge is 0.329 e. The molecule has 3 aliphatic carbocycles. The molecule has 0 radical (unpaired) electrons. The summed E-state index contributed by atoms with van der Waals surface area (Å²) < 4.78 is 0. The van der Waals surface area contributed by atoms with Gasteiger partial charge in [0.2, 0.25) is 23.6 Å². The summed E-state index contributed by atoms with van der Waals surface area (Å²) in [5.41, 5.74) is 3.16. The SMILES string of the molecule is O=C1[C@@H]2C3C=C4c5ccccc5N(c5ccccc5)C4([C@@H]2C(=O)N1c1ccccc1)[C@H]1C(=O)N(c2ccccc2)C(=O)[C@@H]31. The Morgan fingerprint density at radius 2 is 0.930 bits per heavy atom. The van der Waals surface area contributed by atoms with Crippen LogP contribution < -0.4 is 14.7 Å². The Morgan fingerprint density at radius 1 is 0.488 bits per heavy atom. The van der Waals surface area contributed by atoms with E-state index in [0.29, 0.717) is 11.4 Å². The van der Waals surface area contributed by atoms with E-state index in [4.69, 9.17) is 0 Å². The zero-order valence-corrected chi connectivity index (χ0v) is 22.9. The van der Waals surface area contributed by atoms with Crippen molar-refractivity contribution in [2.24, 2.45) is 29.6 Å². The molecule has 43 heavy (non-hydrogen) atoms. The number of allylic oxidation sites excluding steroid dienone is 1. The highest BCUT2D eigenvalue weighted by Gasteiger charge is 2.80. The molecule has 3 aliphatic heterocycles. The Kier molecular flexibility index (Phi) is 4.74. The summed E-state index contributed by atoms with van der Waals surface area (Å²) >= 11 is 0. The zero-order valence-electron chi connectivity index (χ0n) is 22.9. The molecular formula is C36H25N3O4. The van der Waals surface area contributed by atoms with Gasteiger partial charge in [0.05, 0.1) is 40.6 Å². The summed E-state index contributed by atoms with van der Waals surface area (Å²) in [6, 6.07) is 35.5. The monoisotopic (exact) mass is 563 g/mol. The lowest BCUT2D eigenvalue weighted by molar-refractivity contribution is -0.138. The van der Waals surface area contributed by atoms with Crippen LogP contribution in [-0.4, -0.2) is 29.2 Å². The predicted octanol–water partition coefficient (Wildman–Crippen LogP) is 5.22. The molecule has 2 bridgehead atoms. The lowest BCUT2D eigenvalue weighted by Crippen LogP contribution is -2.68. The van der Waals surface area contributed by atoms with Crippen LogP contribution >= 0.6 is 0 Å². The Morgan fingerprint density at radius 3 is 1.44 bits per heavy atom. The third-order valence-corrected chi connectivity index (χ3v) is 10.1. The van der Waals surface area contributed by atoms with Gasteiger partial charge in [-0.05, 0) is 48.0 Å². The Balaban J connectivity index is 1.35. The number of fused-ring (bicyclic) bond motifs is 1. The van der Waals surface area contributed by atoms with Gasteiger partial charge in [-0.1, -0.05) is 78.9 Å². The van der Waals surface area contributed by atoms with Crippen LogP contribution in [0.2, 0.25) is 0 Å². The van der Waals surface area contributed by atoms with Crippen molar-refractivity contribution < 1.29 is 19.2 Å². The summed E-state index contributed by atoms with van der Waals surface area (Å²) in [6.07, 6.45) is 2.05. The van der Waals surface area contributed by atoms with Crippen LogP contribution in [-0.2, 0) is 19.2 Å². The van der Waals surface area contributed by atoms with Gasteiger partial charge >= 0.3 is 0 Å². The lowest BCUT2D eigenvalue weighted by atomic mass is 9.47. The van der Waals surface area contributed by atoms with E-state index in [-0.39, 0.29) is 23.6 Å². The molecule has 6 atom stereocenters. The number of para-hydroxylation sites is 4. The summed E-state index contributed by atoms with van der Waals surface area (Å²) in [5.74, 6) is -5.21. The van der Waals surface area contributed by atoms with Gasteiger partial charge in [0.15, 0.2) is 0 Å². The van der Waals surface area contributed by atoms with Crippen molar-refractivity contribution in [1.82, 2.24) is 0 Å². The second kappa shape index (κ2) is 8.38. The Hall–Kier alpha value is -5.30. The van der Waals surface area contributed by atoms with Gasteiger partial charge in [-0.15, -0.1) is 0 Å². The fourth-order valence-corrected chi connectivity index (χ4v) is 8.76. The standard InChI is InChI=1S/C36H25N3O4/c40-32-28-25-20-26-24-18-10-11-19-27(24)39(23-16-8-3-9-17-23)36(26,30(28)34(42)37(32)21-12-4-1-5-13-21)31-29(25)33(41)38(35(31)43)22-14-6-2-7-15-22/h1-20,25,28-31H/t25?,28-,29+,30+,31-,36?. The molecule has 4 aromatic carbocycles. The van der Waals surface area contributed by atoms with E-state index >= 15 is 0 Å². The second-order valence-corrected chi connectivity index (χ2v) is 11.9. The van der Waals surface area contributed by atoms with Crippen LogP contribution in [0.5, 0.6) is 0 Å². The number of benzene rings is 4. The topological polar surface area (TPSA) is 78.0 Å². The van der Waals surface area contributed by atoms with E-state index in [1.165, 1.54) is 9.80 Å². The molecule has 2 unspecified atom stereocenters. The van der Waals surface area contributed by atoms with Gasteiger partial charge < -0.3 is 4.90 Å². The van der Waals surface area contributed by atoms with Crippen LogP contribution in [0, 0.1) is 29.6 Å². The molecule has 208 valence electrons. The smallest absolute Gasteiger partial charge is 0.240 e. The predicted molar refractivity (Wildman–Crippen MR) is 161 cm³/mol. The maximum absolute atomic E-state index is 14.8. The average molecular weight is 564 g/mol. The van der Waals surface area contributed by atoms with E-state index in [1.807, 2.05) is 72.8 Å². The zero-order chi connectivity index (χ0) is 29.0. The number of hydrogen-bond donors (Lipinski definition) is 0. The lowest BCUT2D eigenvalue weighted by Gasteiger charge is -2.57. The molecule has 4 amide bonds. The minimum Gasteiger partial charge on any atom is -0.329 e. The molecule has 7 heteroatoms. The van der Waals surface area contributed by atoms with Gasteiger partial charge in [-0.3, -0.25) is 19.2 Å². The quantitative estimate of drug-likeness (QED) is 0.320. The Labute approximate surface area is 247 Å². The molecule has 3 heterocycles. The fraction of sp³-hybridized carbons (Fsp3) is 0.167. The number of hydrogen-bond acceptors (Lipinski definition) is 5. The number of carbonyl (C=O) groups is 4. The van der Waals surface area contributed by atoms with Crippen molar-refractivity contribution in [2.75, 3.05) is 14.7 Å². The molecule has 0 N–H and O–H groups in total.